The average molecular weight is 497 g/mol. The molecule has 2 rings (SSSR count). The lowest BCUT2D eigenvalue weighted by molar-refractivity contribution is -0.176. The fourth-order valence-electron chi connectivity index (χ4n) is 3.17. The van der Waals surface area contributed by atoms with E-state index >= 15 is 0 Å². The maximum Gasteiger partial charge on any atom is 0.319 e. The van der Waals surface area contributed by atoms with Crippen molar-refractivity contribution < 1.29 is 53.8 Å². The van der Waals surface area contributed by atoms with E-state index in [4.69, 9.17) is 30.4 Å². The number of ketones is 1. The molecular weight excluding hydrogens is 464 g/mol. The van der Waals surface area contributed by atoms with Crippen molar-refractivity contribution in [3.8, 4) is 0 Å². The van der Waals surface area contributed by atoms with Gasteiger partial charge >= 0.3 is 11.9 Å². The molecule has 2 heterocycles. The summed E-state index contributed by atoms with van der Waals surface area (Å²) in [6.45, 7) is 0.490. The molecule has 0 amide bonds. The summed E-state index contributed by atoms with van der Waals surface area (Å²) in [6.07, 6.45) is -7.62. The Morgan fingerprint density at radius 3 is 1.88 bits per heavy atom. The Bertz CT molecular complexity index is 684. The molecule has 13 nitrogen and oxygen atoms in total. The quantitative estimate of drug-likeness (QED) is 0.159. The zero-order chi connectivity index (χ0) is 24.7. The van der Waals surface area contributed by atoms with Crippen LogP contribution in [-0.2, 0) is 33.3 Å². The van der Waals surface area contributed by atoms with Gasteiger partial charge in [0.05, 0.1) is 49.7 Å². The standard InChI is InChI=1S/C19H32N2O11S/c1-8(22)7-33-13(19(28)32-6-12-18(27)16(25)10(21)4-30-12)2-14(23)31-5-11-17(26)15(24)9(20)3-29-11/h9-13,15-18,24-27H,2-7,20-21H2,1H3/t9-,10-,11-,12-,13?,15-,16-,17+,18+/m1/s1. The van der Waals surface area contributed by atoms with E-state index in [1.807, 2.05) is 0 Å². The third kappa shape index (κ3) is 8.12. The molecule has 0 radical (unpaired) electrons. The summed E-state index contributed by atoms with van der Waals surface area (Å²) in [5.41, 5.74) is 11.2. The van der Waals surface area contributed by atoms with Gasteiger partial charge in [-0.25, -0.2) is 0 Å². The van der Waals surface area contributed by atoms with E-state index < -0.39 is 78.9 Å². The predicted molar refractivity (Wildman–Crippen MR) is 113 cm³/mol. The minimum atomic E-state index is -1.36. The zero-order valence-electron chi connectivity index (χ0n) is 18.1. The van der Waals surface area contributed by atoms with E-state index in [0.717, 1.165) is 11.8 Å². The summed E-state index contributed by atoms with van der Waals surface area (Å²) in [5.74, 6) is -1.94. The van der Waals surface area contributed by atoms with Gasteiger partial charge in [-0.05, 0) is 6.92 Å². The zero-order valence-corrected chi connectivity index (χ0v) is 19.0. The van der Waals surface area contributed by atoms with E-state index in [0.29, 0.717) is 0 Å². The summed E-state index contributed by atoms with van der Waals surface area (Å²) >= 11 is 0.882. The van der Waals surface area contributed by atoms with Crippen molar-refractivity contribution in [1.29, 1.82) is 0 Å². The van der Waals surface area contributed by atoms with E-state index in [2.05, 4.69) is 0 Å². The highest BCUT2D eigenvalue weighted by Crippen LogP contribution is 2.21. The van der Waals surface area contributed by atoms with Crippen LogP contribution < -0.4 is 11.5 Å². The summed E-state index contributed by atoms with van der Waals surface area (Å²) in [7, 11) is 0. The van der Waals surface area contributed by atoms with Gasteiger partial charge in [-0.2, -0.15) is 0 Å². The average Bonchev–Trinajstić information content (AvgIpc) is 2.77. The third-order valence-electron chi connectivity index (χ3n) is 5.25. The highest BCUT2D eigenvalue weighted by atomic mass is 32.2. The Morgan fingerprint density at radius 2 is 1.39 bits per heavy atom. The molecule has 2 aliphatic heterocycles. The van der Waals surface area contributed by atoms with Gasteiger partial charge < -0.3 is 50.8 Å². The summed E-state index contributed by atoms with van der Waals surface area (Å²) in [6, 6.07) is -1.54. The second-order valence-electron chi connectivity index (χ2n) is 8.05. The SMILES string of the molecule is CC(=O)CSC(CC(=O)OC[C@H]1OC[C@@H](N)[C@@H](O)[C@H]1O)C(=O)OC[C@H]1OC[C@@H](N)[C@@H](O)[C@H]1O. The topological polar surface area (TPSA) is 221 Å². The van der Waals surface area contributed by atoms with Gasteiger partial charge in [0, 0.05) is 0 Å². The maximum absolute atomic E-state index is 12.5. The van der Waals surface area contributed by atoms with Crippen LogP contribution in [0, 0.1) is 0 Å². The first-order chi connectivity index (χ1) is 15.5. The van der Waals surface area contributed by atoms with Crippen LogP contribution in [0.5, 0.6) is 0 Å². The van der Waals surface area contributed by atoms with Crippen molar-refractivity contribution in [3.05, 3.63) is 0 Å². The first-order valence-corrected chi connectivity index (χ1v) is 11.5. The summed E-state index contributed by atoms with van der Waals surface area (Å²) in [5, 5.41) is 38.5. The lowest BCUT2D eigenvalue weighted by Gasteiger charge is -2.35. The van der Waals surface area contributed by atoms with Crippen LogP contribution in [0.1, 0.15) is 13.3 Å². The monoisotopic (exact) mass is 496 g/mol. The molecule has 0 spiro atoms. The van der Waals surface area contributed by atoms with Crippen LogP contribution in [-0.4, -0.2) is 124 Å². The molecule has 0 aromatic rings. The molecule has 0 saturated carbocycles. The molecule has 9 atom stereocenters. The number of aliphatic hydroxyl groups is 4. The molecule has 190 valence electrons. The molecule has 2 saturated heterocycles. The second kappa shape index (κ2) is 12.9. The van der Waals surface area contributed by atoms with E-state index in [1.54, 1.807) is 0 Å². The molecular formula is C19H32N2O11S. The smallest absolute Gasteiger partial charge is 0.319 e. The van der Waals surface area contributed by atoms with E-state index in [1.165, 1.54) is 6.92 Å². The van der Waals surface area contributed by atoms with Crippen molar-refractivity contribution in [2.75, 3.05) is 32.2 Å². The molecule has 33 heavy (non-hydrogen) atoms. The maximum atomic E-state index is 12.5. The molecule has 8 N–H and O–H groups in total. The van der Waals surface area contributed by atoms with Gasteiger partial charge in [0.15, 0.2) is 0 Å². The number of aliphatic hydroxyl groups excluding tert-OH is 4. The number of esters is 2. The number of ether oxygens (including phenoxy) is 4. The molecule has 2 fully saturated rings. The van der Waals surface area contributed by atoms with E-state index in [9.17, 15) is 34.8 Å². The molecule has 14 heteroatoms. The van der Waals surface area contributed by atoms with Crippen molar-refractivity contribution in [2.45, 2.75) is 67.3 Å². The Hall–Kier alpha value is -1.36. The third-order valence-corrected chi connectivity index (χ3v) is 6.58. The number of Topliss-reactive ketones (excluding diaryl/α,β-unsaturated/α-hetero) is 1. The molecule has 0 bridgehead atoms. The van der Waals surface area contributed by atoms with Crippen LogP contribution >= 0.6 is 11.8 Å². The highest BCUT2D eigenvalue weighted by Gasteiger charge is 2.39. The van der Waals surface area contributed by atoms with Crippen molar-refractivity contribution in [3.63, 3.8) is 0 Å². The number of hydrogen-bond donors (Lipinski definition) is 6. The predicted octanol–water partition coefficient (Wildman–Crippen LogP) is -3.95. The molecule has 0 aromatic carbocycles. The number of nitrogens with two attached hydrogens (primary N) is 2. The highest BCUT2D eigenvalue weighted by molar-refractivity contribution is 8.01. The van der Waals surface area contributed by atoms with Crippen molar-refractivity contribution >= 4 is 29.5 Å². The lowest BCUT2D eigenvalue weighted by atomic mass is 9.99. The van der Waals surface area contributed by atoms with Crippen molar-refractivity contribution in [1.82, 2.24) is 0 Å². The van der Waals surface area contributed by atoms with E-state index in [-0.39, 0.29) is 31.4 Å². The van der Waals surface area contributed by atoms with Crippen LogP contribution in [0.25, 0.3) is 0 Å². The molecule has 2 aliphatic rings. The van der Waals surface area contributed by atoms with Crippen LogP contribution in [0.15, 0.2) is 0 Å². The second-order valence-corrected chi connectivity index (χ2v) is 9.24. The minimum absolute atomic E-state index is 0.0292. The minimum Gasteiger partial charge on any atom is -0.463 e. The van der Waals surface area contributed by atoms with Gasteiger partial charge in [-0.1, -0.05) is 0 Å². The van der Waals surface area contributed by atoms with Crippen LogP contribution in [0.3, 0.4) is 0 Å². The van der Waals surface area contributed by atoms with Crippen LogP contribution in [0.4, 0.5) is 0 Å². The van der Waals surface area contributed by atoms with Crippen molar-refractivity contribution in [2.24, 2.45) is 11.5 Å². The first kappa shape index (κ1) is 27.9. The Morgan fingerprint density at radius 1 is 0.909 bits per heavy atom. The number of rotatable bonds is 10. The number of carbonyl (C=O) groups excluding carboxylic acids is 3. The van der Waals surface area contributed by atoms with Gasteiger partial charge in [-0.15, -0.1) is 11.8 Å². The normalized spacial score (nSPS) is 35.5. The fourth-order valence-corrected chi connectivity index (χ4v) is 4.07. The first-order valence-electron chi connectivity index (χ1n) is 10.4. The Balaban J connectivity index is 1.87. The molecule has 1 unspecified atom stereocenters. The van der Waals surface area contributed by atoms with Gasteiger partial charge in [0.1, 0.15) is 48.7 Å². The lowest BCUT2D eigenvalue weighted by Crippen LogP contribution is -2.57. The Kier molecular flexibility index (Phi) is 10.9. The number of carbonyl (C=O) groups is 3. The largest absolute Gasteiger partial charge is 0.463 e. The molecule has 0 aromatic heterocycles. The van der Waals surface area contributed by atoms with Crippen LogP contribution in [0.2, 0.25) is 0 Å². The Labute approximate surface area is 194 Å². The number of thioether (sulfide) groups is 1. The number of hydrogen-bond acceptors (Lipinski definition) is 14. The van der Waals surface area contributed by atoms with Gasteiger partial charge in [0.2, 0.25) is 0 Å². The molecule has 0 aliphatic carbocycles. The summed E-state index contributed by atoms with van der Waals surface area (Å²) in [4.78, 5) is 36.1. The van der Waals surface area contributed by atoms with Gasteiger partial charge in [-0.3, -0.25) is 14.4 Å². The fraction of sp³-hybridized carbons (Fsp3) is 0.842. The summed E-state index contributed by atoms with van der Waals surface area (Å²) < 4.78 is 20.8. The van der Waals surface area contributed by atoms with Gasteiger partial charge in [0.25, 0.3) is 0 Å².